The van der Waals surface area contributed by atoms with Gasteiger partial charge in [0.1, 0.15) is 6.10 Å². The molecule has 2 atom stereocenters. The molecule has 0 aromatic carbocycles. The Morgan fingerprint density at radius 2 is 2.11 bits per heavy atom. The number of aromatic nitrogens is 1. The largest absolute Gasteiger partial charge is 0.474 e. The molecule has 0 bridgehead atoms. The first-order valence-corrected chi connectivity index (χ1v) is 7.66. The van der Waals surface area contributed by atoms with Crippen molar-refractivity contribution in [1.82, 2.24) is 10.3 Å². The number of ether oxygens (including phenoxy) is 1. The van der Waals surface area contributed by atoms with Gasteiger partial charge in [0.2, 0.25) is 5.88 Å². The van der Waals surface area contributed by atoms with Gasteiger partial charge >= 0.3 is 0 Å². The predicted octanol–water partition coefficient (Wildman–Crippen LogP) is 3.29. The van der Waals surface area contributed by atoms with E-state index in [1.54, 1.807) is 0 Å². The molecule has 3 rings (SSSR count). The van der Waals surface area contributed by atoms with Gasteiger partial charge in [0, 0.05) is 24.8 Å². The molecule has 0 amide bonds. The van der Waals surface area contributed by atoms with E-state index in [-0.39, 0.29) is 0 Å². The summed E-state index contributed by atoms with van der Waals surface area (Å²) in [7, 11) is 0. The predicted molar refractivity (Wildman–Crippen MR) is 76.1 cm³/mol. The molecule has 2 aliphatic carbocycles. The number of rotatable bonds is 5. The minimum atomic E-state index is 0.355. The molecule has 2 unspecified atom stereocenters. The molecule has 1 heterocycles. The zero-order valence-electron chi connectivity index (χ0n) is 11.8. The Morgan fingerprint density at radius 3 is 2.89 bits per heavy atom. The minimum Gasteiger partial charge on any atom is -0.474 e. The van der Waals surface area contributed by atoms with Gasteiger partial charge in [-0.2, -0.15) is 0 Å². The van der Waals surface area contributed by atoms with Crippen molar-refractivity contribution in [3.05, 3.63) is 23.9 Å². The van der Waals surface area contributed by atoms with Crippen molar-refractivity contribution < 1.29 is 4.74 Å². The molecule has 2 saturated carbocycles. The molecular formula is C16H24N2O. The smallest absolute Gasteiger partial charge is 0.213 e. The van der Waals surface area contributed by atoms with Crippen LogP contribution in [0.3, 0.4) is 0 Å². The van der Waals surface area contributed by atoms with Crippen LogP contribution in [0.4, 0.5) is 0 Å². The third-order valence-corrected chi connectivity index (χ3v) is 4.28. The third kappa shape index (κ3) is 3.69. The van der Waals surface area contributed by atoms with Crippen LogP contribution in [0.1, 0.15) is 51.0 Å². The summed E-state index contributed by atoms with van der Waals surface area (Å²) in [5.74, 6) is 1.46. The van der Waals surface area contributed by atoms with Gasteiger partial charge in [-0.3, -0.25) is 0 Å². The van der Waals surface area contributed by atoms with Crippen LogP contribution >= 0.6 is 0 Å². The third-order valence-electron chi connectivity index (χ3n) is 4.28. The highest BCUT2D eigenvalue weighted by Gasteiger charge is 2.23. The van der Waals surface area contributed by atoms with Gasteiger partial charge < -0.3 is 10.1 Å². The standard InChI is InChI=1S/C16H24N2O/c1-12-4-2-3-5-15(12)19-16-10-13(8-9-17-16)11-18-14-6-7-14/h8-10,12,14-15,18H,2-7,11H2,1H3. The van der Waals surface area contributed by atoms with E-state index >= 15 is 0 Å². The molecule has 1 aromatic rings. The molecule has 1 N–H and O–H groups in total. The first-order chi connectivity index (χ1) is 9.31. The average Bonchev–Trinajstić information content (AvgIpc) is 3.24. The Kier molecular flexibility index (Phi) is 4.02. The van der Waals surface area contributed by atoms with Crippen molar-refractivity contribution in [3.63, 3.8) is 0 Å². The summed E-state index contributed by atoms with van der Waals surface area (Å²) in [4.78, 5) is 4.36. The molecule has 2 fully saturated rings. The Hall–Kier alpha value is -1.09. The summed E-state index contributed by atoms with van der Waals surface area (Å²) in [6.45, 7) is 3.23. The van der Waals surface area contributed by atoms with E-state index in [0.717, 1.165) is 18.5 Å². The van der Waals surface area contributed by atoms with Gasteiger partial charge in [-0.25, -0.2) is 4.98 Å². The lowest BCUT2D eigenvalue weighted by atomic mass is 9.88. The summed E-state index contributed by atoms with van der Waals surface area (Å²) in [5.41, 5.74) is 1.28. The number of hydrogen-bond acceptors (Lipinski definition) is 3. The van der Waals surface area contributed by atoms with Crippen LogP contribution < -0.4 is 10.1 Å². The topological polar surface area (TPSA) is 34.1 Å². The van der Waals surface area contributed by atoms with Gasteiger partial charge in [0.15, 0.2) is 0 Å². The minimum absolute atomic E-state index is 0.355. The molecule has 0 spiro atoms. The highest BCUT2D eigenvalue weighted by molar-refractivity contribution is 5.21. The lowest BCUT2D eigenvalue weighted by molar-refractivity contribution is 0.0975. The molecule has 3 nitrogen and oxygen atoms in total. The highest BCUT2D eigenvalue weighted by Crippen LogP contribution is 2.27. The van der Waals surface area contributed by atoms with E-state index in [1.165, 1.54) is 44.1 Å². The van der Waals surface area contributed by atoms with E-state index in [9.17, 15) is 0 Å². The van der Waals surface area contributed by atoms with Crippen molar-refractivity contribution in [2.75, 3.05) is 0 Å². The summed E-state index contributed by atoms with van der Waals surface area (Å²) < 4.78 is 6.09. The normalized spacial score (nSPS) is 27.2. The number of nitrogens with one attached hydrogen (secondary N) is 1. The summed E-state index contributed by atoms with van der Waals surface area (Å²) in [6.07, 6.45) is 9.97. The van der Waals surface area contributed by atoms with Gasteiger partial charge in [-0.1, -0.05) is 13.3 Å². The SMILES string of the molecule is CC1CCCCC1Oc1cc(CNC2CC2)ccn1. The van der Waals surface area contributed by atoms with Crippen LogP contribution in [0.15, 0.2) is 18.3 Å². The van der Waals surface area contributed by atoms with Crippen LogP contribution in [-0.2, 0) is 6.54 Å². The van der Waals surface area contributed by atoms with Crippen LogP contribution in [0.25, 0.3) is 0 Å². The average molecular weight is 260 g/mol. The molecular weight excluding hydrogens is 236 g/mol. The maximum absolute atomic E-state index is 6.09. The number of pyridine rings is 1. The molecule has 1 aromatic heterocycles. The van der Waals surface area contributed by atoms with Crippen LogP contribution in [0, 0.1) is 5.92 Å². The summed E-state index contributed by atoms with van der Waals surface area (Å²) in [6, 6.07) is 4.92. The van der Waals surface area contributed by atoms with E-state index in [0.29, 0.717) is 12.0 Å². The fourth-order valence-corrected chi connectivity index (χ4v) is 2.79. The van der Waals surface area contributed by atoms with Crippen LogP contribution in [0.5, 0.6) is 5.88 Å². The second-order valence-corrected chi connectivity index (χ2v) is 6.08. The first kappa shape index (κ1) is 12.9. The Balaban J connectivity index is 1.58. The van der Waals surface area contributed by atoms with Crippen LogP contribution in [-0.4, -0.2) is 17.1 Å². The fourth-order valence-electron chi connectivity index (χ4n) is 2.79. The molecule has 0 radical (unpaired) electrons. The van der Waals surface area contributed by atoms with Crippen LogP contribution in [0.2, 0.25) is 0 Å². The van der Waals surface area contributed by atoms with Crippen molar-refractivity contribution in [1.29, 1.82) is 0 Å². The van der Waals surface area contributed by atoms with E-state index in [2.05, 4.69) is 29.4 Å². The molecule has 3 heteroatoms. The maximum Gasteiger partial charge on any atom is 0.213 e. The molecule has 104 valence electrons. The molecule has 0 saturated heterocycles. The van der Waals surface area contributed by atoms with Gasteiger partial charge in [-0.05, 0) is 49.7 Å². The summed E-state index contributed by atoms with van der Waals surface area (Å²) in [5, 5.41) is 3.53. The first-order valence-electron chi connectivity index (χ1n) is 7.66. The molecule has 2 aliphatic rings. The zero-order valence-corrected chi connectivity index (χ0v) is 11.8. The van der Waals surface area contributed by atoms with E-state index < -0.39 is 0 Å². The van der Waals surface area contributed by atoms with Gasteiger partial charge in [-0.15, -0.1) is 0 Å². The Bertz CT molecular complexity index is 417. The molecule has 19 heavy (non-hydrogen) atoms. The molecule has 0 aliphatic heterocycles. The lowest BCUT2D eigenvalue weighted by Gasteiger charge is -2.28. The van der Waals surface area contributed by atoms with E-state index in [1.807, 2.05) is 6.20 Å². The second-order valence-electron chi connectivity index (χ2n) is 6.08. The van der Waals surface area contributed by atoms with Crippen molar-refractivity contribution in [3.8, 4) is 5.88 Å². The fraction of sp³-hybridized carbons (Fsp3) is 0.688. The van der Waals surface area contributed by atoms with Gasteiger partial charge in [0.05, 0.1) is 0 Å². The van der Waals surface area contributed by atoms with Crippen molar-refractivity contribution in [2.45, 2.75) is 64.1 Å². The number of nitrogens with zero attached hydrogens (tertiary/aromatic N) is 1. The maximum atomic E-state index is 6.09. The number of hydrogen-bond donors (Lipinski definition) is 1. The van der Waals surface area contributed by atoms with E-state index in [4.69, 9.17) is 4.74 Å². The Labute approximate surface area is 115 Å². The quantitative estimate of drug-likeness (QED) is 0.882. The summed E-state index contributed by atoms with van der Waals surface area (Å²) >= 11 is 0. The van der Waals surface area contributed by atoms with Gasteiger partial charge in [0.25, 0.3) is 0 Å². The van der Waals surface area contributed by atoms with Crippen molar-refractivity contribution >= 4 is 0 Å². The monoisotopic (exact) mass is 260 g/mol. The second kappa shape index (κ2) is 5.91. The highest BCUT2D eigenvalue weighted by atomic mass is 16.5. The lowest BCUT2D eigenvalue weighted by Crippen LogP contribution is -2.28. The Morgan fingerprint density at radius 1 is 1.26 bits per heavy atom. The van der Waals surface area contributed by atoms with Crippen molar-refractivity contribution in [2.24, 2.45) is 5.92 Å². The zero-order chi connectivity index (χ0) is 13.1.